The van der Waals surface area contributed by atoms with Crippen molar-refractivity contribution >= 4 is 0 Å². The molecule has 1 N–H and O–H groups in total. The number of rotatable bonds is 8. The molecule has 0 amide bonds. The SMILES string of the molecule is CCCNC1CCC(c2ccc(-c3ccc(C4CCC(COC)CC4)cc3)cc2)CC1. The summed E-state index contributed by atoms with van der Waals surface area (Å²) in [7, 11) is 1.83. The molecule has 2 aliphatic carbocycles. The second kappa shape index (κ2) is 11.3. The van der Waals surface area contributed by atoms with Crippen molar-refractivity contribution in [2.45, 2.75) is 82.6 Å². The highest BCUT2D eigenvalue weighted by atomic mass is 16.5. The van der Waals surface area contributed by atoms with Crippen LogP contribution in [0.4, 0.5) is 0 Å². The summed E-state index contributed by atoms with van der Waals surface area (Å²) in [5.41, 5.74) is 5.74. The van der Waals surface area contributed by atoms with Gasteiger partial charge in [0.25, 0.3) is 0 Å². The molecule has 0 unspecified atom stereocenters. The number of hydrogen-bond acceptors (Lipinski definition) is 2. The molecular weight excluding hydrogens is 378 g/mol. The highest BCUT2D eigenvalue weighted by Gasteiger charge is 2.23. The predicted octanol–water partition coefficient (Wildman–Crippen LogP) is 7.30. The maximum absolute atomic E-state index is 5.35. The van der Waals surface area contributed by atoms with Gasteiger partial charge in [-0.3, -0.25) is 0 Å². The molecule has 2 aliphatic rings. The fourth-order valence-electron chi connectivity index (χ4n) is 5.77. The summed E-state index contributed by atoms with van der Waals surface area (Å²) in [5.74, 6) is 2.23. The summed E-state index contributed by atoms with van der Waals surface area (Å²) in [4.78, 5) is 0. The van der Waals surface area contributed by atoms with Crippen molar-refractivity contribution in [1.29, 1.82) is 0 Å². The van der Waals surface area contributed by atoms with E-state index in [1.54, 1.807) is 0 Å². The van der Waals surface area contributed by atoms with Crippen molar-refractivity contribution in [1.82, 2.24) is 5.32 Å². The van der Waals surface area contributed by atoms with Gasteiger partial charge >= 0.3 is 0 Å². The van der Waals surface area contributed by atoms with E-state index in [9.17, 15) is 0 Å². The molecule has 0 bridgehead atoms. The van der Waals surface area contributed by atoms with Crippen LogP contribution in [0.3, 0.4) is 0 Å². The van der Waals surface area contributed by atoms with Crippen LogP contribution in [0, 0.1) is 5.92 Å². The van der Waals surface area contributed by atoms with E-state index in [1.165, 1.54) is 80.0 Å². The molecule has 2 aromatic carbocycles. The Balaban J connectivity index is 1.31. The molecule has 31 heavy (non-hydrogen) atoms. The molecule has 0 atom stereocenters. The van der Waals surface area contributed by atoms with Crippen LogP contribution in [-0.2, 0) is 4.74 Å². The summed E-state index contributed by atoms with van der Waals surface area (Å²) in [6.07, 6.45) is 11.7. The van der Waals surface area contributed by atoms with E-state index in [2.05, 4.69) is 60.8 Å². The predicted molar refractivity (Wildman–Crippen MR) is 132 cm³/mol. The van der Waals surface area contributed by atoms with Crippen molar-refractivity contribution < 1.29 is 4.74 Å². The molecule has 0 spiro atoms. The van der Waals surface area contributed by atoms with Crippen molar-refractivity contribution in [2.24, 2.45) is 5.92 Å². The molecule has 0 radical (unpaired) electrons. The first kappa shape index (κ1) is 22.6. The highest BCUT2D eigenvalue weighted by molar-refractivity contribution is 5.64. The second-order valence-electron chi connectivity index (χ2n) is 9.92. The lowest BCUT2D eigenvalue weighted by molar-refractivity contribution is 0.127. The van der Waals surface area contributed by atoms with Crippen molar-refractivity contribution in [2.75, 3.05) is 20.3 Å². The van der Waals surface area contributed by atoms with Gasteiger partial charge < -0.3 is 10.1 Å². The van der Waals surface area contributed by atoms with E-state index >= 15 is 0 Å². The highest BCUT2D eigenvalue weighted by Crippen LogP contribution is 2.37. The summed E-state index contributed by atoms with van der Waals surface area (Å²) >= 11 is 0. The normalized spacial score (nSPS) is 26.6. The number of ether oxygens (including phenoxy) is 1. The zero-order chi connectivity index (χ0) is 21.5. The summed E-state index contributed by atoms with van der Waals surface area (Å²) < 4.78 is 5.35. The smallest absolute Gasteiger partial charge is 0.0490 e. The summed E-state index contributed by atoms with van der Waals surface area (Å²) in [5, 5.41) is 3.70. The lowest BCUT2D eigenvalue weighted by Gasteiger charge is -2.29. The first-order valence-corrected chi connectivity index (χ1v) is 12.7. The van der Waals surface area contributed by atoms with Crippen LogP contribution >= 0.6 is 0 Å². The Hall–Kier alpha value is -1.64. The molecular formula is C29H41NO. The van der Waals surface area contributed by atoms with Gasteiger partial charge in [0.2, 0.25) is 0 Å². The van der Waals surface area contributed by atoms with Crippen molar-refractivity contribution in [3.8, 4) is 11.1 Å². The fourth-order valence-corrected chi connectivity index (χ4v) is 5.77. The van der Waals surface area contributed by atoms with E-state index in [0.717, 1.165) is 36.9 Å². The molecule has 2 fully saturated rings. The van der Waals surface area contributed by atoms with Crippen LogP contribution in [0.15, 0.2) is 48.5 Å². The molecule has 0 heterocycles. The van der Waals surface area contributed by atoms with Crippen LogP contribution in [0.1, 0.15) is 87.7 Å². The Kier molecular flexibility index (Phi) is 8.21. The molecule has 4 rings (SSSR count). The Morgan fingerprint density at radius 3 is 1.65 bits per heavy atom. The molecule has 0 aromatic heterocycles. The molecule has 0 saturated heterocycles. The van der Waals surface area contributed by atoms with E-state index in [0.29, 0.717) is 0 Å². The average molecular weight is 420 g/mol. The molecule has 2 saturated carbocycles. The van der Waals surface area contributed by atoms with Crippen molar-refractivity contribution in [3.05, 3.63) is 59.7 Å². The Bertz CT molecular complexity index is 765. The minimum atomic E-state index is 0.728. The lowest BCUT2D eigenvalue weighted by Crippen LogP contribution is -2.33. The second-order valence-corrected chi connectivity index (χ2v) is 9.92. The van der Waals surface area contributed by atoms with Gasteiger partial charge in [-0.25, -0.2) is 0 Å². The van der Waals surface area contributed by atoms with Gasteiger partial charge in [-0.15, -0.1) is 0 Å². The number of methoxy groups -OCH3 is 1. The molecule has 2 heteroatoms. The zero-order valence-corrected chi connectivity index (χ0v) is 19.6. The Labute approximate surface area is 189 Å². The van der Waals surface area contributed by atoms with Gasteiger partial charge in [-0.1, -0.05) is 55.5 Å². The number of nitrogens with one attached hydrogen (secondary N) is 1. The standard InChI is InChI=1S/C29H41NO/c1-3-20-30-29-18-16-28(17-19-29)27-14-12-26(13-15-27)25-10-8-24(9-11-25)23-6-4-22(5-7-23)21-31-2/h8-15,22-23,28-30H,3-7,16-21H2,1-2H3. The monoisotopic (exact) mass is 419 g/mol. The first-order valence-electron chi connectivity index (χ1n) is 12.7. The first-order chi connectivity index (χ1) is 15.3. The van der Waals surface area contributed by atoms with Gasteiger partial charge in [-0.05, 0) is 104 Å². The minimum Gasteiger partial charge on any atom is -0.384 e. The molecule has 168 valence electrons. The van der Waals surface area contributed by atoms with Crippen LogP contribution < -0.4 is 5.32 Å². The summed E-state index contributed by atoms with van der Waals surface area (Å²) in [6, 6.07) is 19.6. The topological polar surface area (TPSA) is 21.3 Å². The van der Waals surface area contributed by atoms with E-state index < -0.39 is 0 Å². The van der Waals surface area contributed by atoms with Crippen LogP contribution in [0.2, 0.25) is 0 Å². The Morgan fingerprint density at radius 2 is 1.19 bits per heavy atom. The number of benzene rings is 2. The Morgan fingerprint density at radius 1 is 0.710 bits per heavy atom. The average Bonchev–Trinajstić information content (AvgIpc) is 2.84. The molecule has 2 aromatic rings. The number of hydrogen-bond donors (Lipinski definition) is 1. The van der Waals surface area contributed by atoms with E-state index in [-0.39, 0.29) is 0 Å². The van der Waals surface area contributed by atoms with Gasteiger partial charge in [0.05, 0.1) is 0 Å². The van der Waals surface area contributed by atoms with E-state index in [4.69, 9.17) is 4.74 Å². The molecule has 0 aliphatic heterocycles. The van der Waals surface area contributed by atoms with Gasteiger partial charge in [0.15, 0.2) is 0 Å². The molecule has 2 nitrogen and oxygen atoms in total. The van der Waals surface area contributed by atoms with Gasteiger partial charge in [-0.2, -0.15) is 0 Å². The van der Waals surface area contributed by atoms with Gasteiger partial charge in [0.1, 0.15) is 0 Å². The largest absolute Gasteiger partial charge is 0.384 e. The minimum absolute atomic E-state index is 0.728. The van der Waals surface area contributed by atoms with Crippen molar-refractivity contribution in [3.63, 3.8) is 0 Å². The van der Waals surface area contributed by atoms with E-state index in [1.807, 2.05) is 7.11 Å². The maximum Gasteiger partial charge on any atom is 0.0490 e. The fraction of sp³-hybridized carbons (Fsp3) is 0.586. The third-order valence-corrected chi connectivity index (χ3v) is 7.76. The quantitative estimate of drug-likeness (QED) is 0.485. The van der Waals surface area contributed by atoms with Crippen LogP contribution in [0.25, 0.3) is 11.1 Å². The lowest BCUT2D eigenvalue weighted by atomic mass is 9.78. The van der Waals surface area contributed by atoms with Gasteiger partial charge in [0, 0.05) is 19.8 Å². The third-order valence-electron chi connectivity index (χ3n) is 7.76. The van der Waals surface area contributed by atoms with Crippen LogP contribution in [0.5, 0.6) is 0 Å². The maximum atomic E-state index is 5.35. The summed E-state index contributed by atoms with van der Waals surface area (Å²) in [6.45, 7) is 4.35. The zero-order valence-electron chi connectivity index (χ0n) is 19.6. The third kappa shape index (κ3) is 5.99. The van der Waals surface area contributed by atoms with Crippen LogP contribution in [-0.4, -0.2) is 26.3 Å².